The Bertz CT molecular complexity index is 504. The minimum Gasteiger partial charge on any atom is -0.506 e. The highest BCUT2D eigenvalue weighted by atomic mass is 35.5. The maximum atomic E-state index is 9.77. The summed E-state index contributed by atoms with van der Waals surface area (Å²) in [4.78, 5) is 0. The summed E-state index contributed by atoms with van der Waals surface area (Å²) in [5.74, 6) is 0.0714. The Hall–Kier alpha value is -1.38. The molecular formula is C13H10Cl2O2. The number of para-hydroxylation sites is 2. The van der Waals surface area contributed by atoms with Crippen LogP contribution in [0.1, 0.15) is 11.1 Å². The van der Waals surface area contributed by atoms with E-state index in [4.69, 9.17) is 23.2 Å². The quantitative estimate of drug-likeness (QED) is 0.865. The van der Waals surface area contributed by atoms with Crippen molar-refractivity contribution in [3.05, 3.63) is 57.6 Å². The first-order valence-electron chi connectivity index (χ1n) is 5.02. The van der Waals surface area contributed by atoms with Crippen molar-refractivity contribution >= 4 is 23.2 Å². The lowest BCUT2D eigenvalue weighted by atomic mass is 10.0. The number of hydrogen-bond acceptors (Lipinski definition) is 2. The van der Waals surface area contributed by atoms with E-state index in [9.17, 15) is 10.2 Å². The molecule has 0 aliphatic heterocycles. The van der Waals surface area contributed by atoms with Crippen molar-refractivity contribution in [2.24, 2.45) is 0 Å². The fourth-order valence-electron chi connectivity index (χ4n) is 1.61. The molecule has 2 nitrogen and oxygen atoms in total. The van der Waals surface area contributed by atoms with E-state index in [-0.39, 0.29) is 11.5 Å². The van der Waals surface area contributed by atoms with E-state index in [1.54, 1.807) is 36.4 Å². The van der Waals surface area contributed by atoms with Crippen molar-refractivity contribution in [1.82, 2.24) is 0 Å². The first-order chi connectivity index (χ1) is 8.09. The third kappa shape index (κ3) is 2.48. The van der Waals surface area contributed by atoms with E-state index in [1.165, 1.54) is 0 Å². The van der Waals surface area contributed by atoms with Gasteiger partial charge in [0.1, 0.15) is 11.5 Å². The van der Waals surface area contributed by atoms with E-state index in [2.05, 4.69) is 0 Å². The molecule has 2 N–H and O–H groups in total. The van der Waals surface area contributed by atoms with Crippen LogP contribution >= 0.6 is 23.2 Å². The third-order valence-corrected chi connectivity index (χ3v) is 3.13. The Morgan fingerprint density at radius 1 is 0.765 bits per heavy atom. The fourth-order valence-corrected chi connectivity index (χ4v) is 2.00. The minimum atomic E-state index is 0.0357. The Morgan fingerprint density at radius 3 is 1.59 bits per heavy atom. The van der Waals surface area contributed by atoms with Crippen molar-refractivity contribution in [1.29, 1.82) is 0 Å². The maximum Gasteiger partial charge on any atom is 0.137 e. The number of benzene rings is 2. The second-order valence-corrected chi connectivity index (χ2v) is 4.49. The molecule has 17 heavy (non-hydrogen) atoms. The first-order valence-corrected chi connectivity index (χ1v) is 5.78. The number of hydrogen-bond donors (Lipinski definition) is 2. The zero-order valence-electron chi connectivity index (χ0n) is 8.82. The van der Waals surface area contributed by atoms with Crippen molar-refractivity contribution in [2.75, 3.05) is 0 Å². The Kier molecular flexibility index (Phi) is 3.46. The Labute approximate surface area is 109 Å². The molecule has 4 heteroatoms. The normalized spacial score (nSPS) is 10.5. The summed E-state index contributed by atoms with van der Waals surface area (Å²) in [5, 5.41) is 20.1. The molecule has 0 heterocycles. The summed E-state index contributed by atoms with van der Waals surface area (Å²) in [7, 11) is 0. The standard InChI is InChI=1S/C13H10Cl2O2/c14-10-5-1-3-8(12(10)16)7-9-4-2-6-11(15)13(9)17/h1-6,16-17H,7H2. The monoisotopic (exact) mass is 268 g/mol. The van der Waals surface area contributed by atoms with E-state index >= 15 is 0 Å². The molecule has 2 aromatic carbocycles. The van der Waals surface area contributed by atoms with E-state index in [0.717, 1.165) is 0 Å². The van der Waals surface area contributed by atoms with Crippen LogP contribution in [-0.4, -0.2) is 10.2 Å². The van der Waals surface area contributed by atoms with Gasteiger partial charge in [0.25, 0.3) is 0 Å². The van der Waals surface area contributed by atoms with E-state index < -0.39 is 0 Å². The SMILES string of the molecule is Oc1c(Cl)cccc1Cc1cccc(Cl)c1O. The van der Waals surface area contributed by atoms with Gasteiger partial charge < -0.3 is 10.2 Å². The number of rotatable bonds is 2. The van der Waals surface area contributed by atoms with Crippen LogP contribution in [0.3, 0.4) is 0 Å². The minimum absolute atomic E-state index is 0.0357. The third-order valence-electron chi connectivity index (χ3n) is 2.52. The lowest BCUT2D eigenvalue weighted by molar-refractivity contribution is 0.463. The zero-order chi connectivity index (χ0) is 12.4. The van der Waals surface area contributed by atoms with Crippen LogP contribution < -0.4 is 0 Å². The van der Waals surface area contributed by atoms with Gasteiger partial charge in [0.05, 0.1) is 10.0 Å². The highest BCUT2D eigenvalue weighted by Crippen LogP contribution is 2.33. The fraction of sp³-hybridized carbons (Fsp3) is 0.0769. The van der Waals surface area contributed by atoms with Crippen molar-refractivity contribution < 1.29 is 10.2 Å². The van der Waals surface area contributed by atoms with Crippen LogP contribution in [0.5, 0.6) is 11.5 Å². The highest BCUT2D eigenvalue weighted by Gasteiger charge is 2.10. The van der Waals surface area contributed by atoms with Gasteiger partial charge in [0.2, 0.25) is 0 Å². The van der Waals surface area contributed by atoms with Gasteiger partial charge in [0.15, 0.2) is 0 Å². The van der Waals surface area contributed by atoms with E-state index in [1.807, 2.05) is 0 Å². The number of phenols is 2. The second-order valence-electron chi connectivity index (χ2n) is 3.67. The van der Waals surface area contributed by atoms with Gasteiger partial charge in [-0.2, -0.15) is 0 Å². The number of halogens is 2. The molecule has 0 unspecified atom stereocenters. The molecule has 0 saturated heterocycles. The molecule has 88 valence electrons. The second kappa shape index (κ2) is 4.86. The van der Waals surface area contributed by atoms with Crippen LogP contribution in [0, 0.1) is 0 Å². The number of phenolic OH excluding ortho intramolecular Hbond substituents is 2. The highest BCUT2D eigenvalue weighted by molar-refractivity contribution is 6.32. The van der Waals surface area contributed by atoms with Crippen LogP contribution in [0.25, 0.3) is 0 Å². The van der Waals surface area contributed by atoms with Gasteiger partial charge in [-0.1, -0.05) is 47.5 Å². The smallest absolute Gasteiger partial charge is 0.137 e. The summed E-state index contributed by atoms with van der Waals surface area (Å²) in [6.07, 6.45) is 0.374. The molecule has 0 spiro atoms. The molecule has 0 radical (unpaired) electrons. The lowest BCUT2D eigenvalue weighted by Crippen LogP contribution is -1.90. The maximum absolute atomic E-state index is 9.77. The Balaban J connectivity index is 2.38. The molecule has 0 saturated carbocycles. The molecule has 2 aromatic rings. The van der Waals surface area contributed by atoms with Crippen LogP contribution in [0.15, 0.2) is 36.4 Å². The van der Waals surface area contributed by atoms with Gasteiger partial charge >= 0.3 is 0 Å². The van der Waals surface area contributed by atoms with Gasteiger partial charge in [0, 0.05) is 6.42 Å². The average Bonchev–Trinajstić information content (AvgIpc) is 2.31. The molecule has 0 atom stereocenters. The zero-order valence-corrected chi connectivity index (χ0v) is 10.3. The molecule has 0 bridgehead atoms. The van der Waals surface area contributed by atoms with Crippen molar-refractivity contribution in [3.8, 4) is 11.5 Å². The molecule has 0 fully saturated rings. The summed E-state index contributed by atoms with van der Waals surface area (Å²) in [5.41, 5.74) is 1.30. The molecule has 0 amide bonds. The molecule has 0 aliphatic rings. The van der Waals surface area contributed by atoms with Crippen LogP contribution in [-0.2, 0) is 6.42 Å². The van der Waals surface area contributed by atoms with Crippen molar-refractivity contribution in [3.63, 3.8) is 0 Å². The largest absolute Gasteiger partial charge is 0.506 e. The lowest BCUT2D eigenvalue weighted by Gasteiger charge is -2.08. The van der Waals surface area contributed by atoms with E-state index in [0.29, 0.717) is 27.6 Å². The number of aromatic hydroxyl groups is 2. The summed E-state index contributed by atoms with van der Waals surface area (Å²) in [6.45, 7) is 0. The van der Waals surface area contributed by atoms with Gasteiger partial charge in [-0.3, -0.25) is 0 Å². The predicted octanol–water partition coefficient (Wildman–Crippen LogP) is 4.00. The first kappa shape index (κ1) is 12.1. The van der Waals surface area contributed by atoms with Crippen LogP contribution in [0.4, 0.5) is 0 Å². The topological polar surface area (TPSA) is 40.5 Å². The van der Waals surface area contributed by atoms with Gasteiger partial charge in [-0.25, -0.2) is 0 Å². The average molecular weight is 269 g/mol. The van der Waals surface area contributed by atoms with Gasteiger partial charge in [-0.15, -0.1) is 0 Å². The molecular weight excluding hydrogens is 259 g/mol. The van der Waals surface area contributed by atoms with Crippen LogP contribution in [0.2, 0.25) is 10.0 Å². The molecule has 0 aliphatic carbocycles. The summed E-state index contributed by atoms with van der Waals surface area (Å²) in [6, 6.07) is 10.2. The molecule has 2 rings (SSSR count). The van der Waals surface area contributed by atoms with Crippen molar-refractivity contribution in [2.45, 2.75) is 6.42 Å². The summed E-state index contributed by atoms with van der Waals surface area (Å²) >= 11 is 11.6. The summed E-state index contributed by atoms with van der Waals surface area (Å²) < 4.78 is 0. The predicted molar refractivity (Wildman–Crippen MR) is 69.0 cm³/mol. The van der Waals surface area contributed by atoms with Gasteiger partial charge in [-0.05, 0) is 23.3 Å². The molecule has 0 aromatic heterocycles. The Morgan fingerprint density at radius 2 is 1.18 bits per heavy atom.